The Hall–Kier alpha value is -3.38. The quantitative estimate of drug-likeness (QED) is 0.285. The Morgan fingerprint density at radius 1 is 1.03 bits per heavy atom. The predicted octanol–water partition coefficient (Wildman–Crippen LogP) is 6.65. The maximum atomic E-state index is 12.8. The highest BCUT2D eigenvalue weighted by molar-refractivity contribution is 7.15. The number of amides is 1. The summed E-state index contributed by atoms with van der Waals surface area (Å²) in [5.41, 5.74) is 5.17. The number of ether oxygens (including phenoxy) is 2. The fourth-order valence-electron chi connectivity index (χ4n) is 3.39. The second-order valence-electron chi connectivity index (χ2n) is 7.63. The first-order valence-corrected chi connectivity index (χ1v) is 11.9. The molecule has 1 heterocycles. The fourth-order valence-corrected chi connectivity index (χ4v) is 4.34. The van der Waals surface area contributed by atoms with Crippen LogP contribution in [0.25, 0.3) is 17.2 Å². The van der Waals surface area contributed by atoms with E-state index in [1.807, 2.05) is 55.6 Å². The van der Waals surface area contributed by atoms with Crippen molar-refractivity contribution >= 4 is 34.3 Å². The topological polar surface area (TPSA) is 64.6 Å². The molecule has 0 unspecified atom stereocenters. The molecule has 0 fully saturated rings. The number of aryl methyl sites for hydroxylation is 2. The number of esters is 1. The molecule has 3 aromatic rings. The minimum absolute atomic E-state index is 0.256. The molecule has 5 nitrogen and oxygen atoms in total. The van der Waals surface area contributed by atoms with Crippen LogP contribution in [0.5, 0.6) is 5.75 Å². The first-order chi connectivity index (χ1) is 15.9. The molecule has 1 amide bonds. The van der Waals surface area contributed by atoms with Gasteiger partial charge >= 0.3 is 5.97 Å². The monoisotopic (exact) mass is 463 g/mol. The SMILES string of the molecule is CCCOc1ccc(/C=C/C(=O)Nc2scc(-c3ccc(C)cc3C)c2C(=O)OCC)cc1. The molecular formula is C27H29NO4S. The van der Waals surface area contributed by atoms with Gasteiger partial charge in [-0.2, -0.15) is 0 Å². The molecule has 172 valence electrons. The van der Waals surface area contributed by atoms with E-state index in [0.29, 0.717) is 17.2 Å². The Kier molecular flexibility index (Phi) is 8.44. The van der Waals surface area contributed by atoms with Crippen molar-refractivity contribution in [3.63, 3.8) is 0 Å². The minimum atomic E-state index is -0.448. The van der Waals surface area contributed by atoms with Crippen LogP contribution in [0.1, 0.15) is 47.3 Å². The van der Waals surface area contributed by atoms with Crippen molar-refractivity contribution in [2.75, 3.05) is 18.5 Å². The van der Waals surface area contributed by atoms with Gasteiger partial charge in [0.25, 0.3) is 0 Å². The Bertz CT molecular complexity index is 1150. The summed E-state index contributed by atoms with van der Waals surface area (Å²) in [5.74, 6) is 0.0339. The van der Waals surface area contributed by atoms with Gasteiger partial charge in [-0.3, -0.25) is 4.79 Å². The number of anilines is 1. The van der Waals surface area contributed by atoms with Gasteiger partial charge in [0.2, 0.25) is 5.91 Å². The first kappa shape index (κ1) is 24.3. The molecule has 0 spiro atoms. The number of hydrogen-bond acceptors (Lipinski definition) is 5. The predicted molar refractivity (Wildman–Crippen MR) is 135 cm³/mol. The van der Waals surface area contributed by atoms with E-state index in [1.54, 1.807) is 13.0 Å². The molecule has 3 rings (SSSR count). The Balaban J connectivity index is 1.81. The Morgan fingerprint density at radius 3 is 2.45 bits per heavy atom. The third-order valence-corrected chi connectivity index (χ3v) is 5.85. The van der Waals surface area contributed by atoms with Gasteiger partial charge in [-0.15, -0.1) is 11.3 Å². The van der Waals surface area contributed by atoms with Crippen LogP contribution in [-0.2, 0) is 9.53 Å². The van der Waals surface area contributed by atoms with Crippen LogP contribution in [0.3, 0.4) is 0 Å². The smallest absolute Gasteiger partial charge is 0.341 e. The number of rotatable bonds is 9. The lowest BCUT2D eigenvalue weighted by molar-refractivity contribution is -0.111. The van der Waals surface area contributed by atoms with Crippen LogP contribution in [0.15, 0.2) is 53.9 Å². The molecule has 0 bridgehead atoms. The van der Waals surface area contributed by atoms with Crippen LogP contribution >= 0.6 is 11.3 Å². The average Bonchev–Trinajstić information content (AvgIpc) is 3.20. The van der Waals surface area contributed by atoms with Crippen molar-refractivity contribution < 1.29 is 19.1 Å². The highest BCUT2D eigenvalue weighted by Gasteiger charge is 2.23. The van der Waals surface area contributed by atoms with Gasteiger partial charge in [0, 0.05) is 17.0 Å². The van der Waals surface area contributed by atoms with Gasteiger partial charge in [0.05, 0.1) is 13.2 Å². The summed E-state index contributed by atoms with van der Waals surface area (Å²) in [6, 6.07) is 13.6. The highest BCUT2D eigenvalue weighted by atomic mass is 32.1. The summed E-state index contributed by atoms with van der Waals surface area (Å²) in [7, 11) is 0. The molecular weight excluding hydrogens is 434 g/mol. The molecule has 1 N–H and O–H groups in total. The summed E-state index contributed by atoms with van der Waals surface area (Å²) in [5, 5.41) is 5.21. The third kappa shape index (κ3) is 6.33. The molecule has 33 heavy (non-hydrogen) atoms. The van der Waals surface area contributed by atoms with Gasteiger partial charge in [-0.1, -0.05) is 42.8 Å². The molecule has 0 aliphatic rings. The zero-order valence-electron chi connectivity index (χ0n) is 19.4. The minimum Gasteiger partial charge on any atom is -0.494 e. The number of carbonyl (C=O) groups excluding carboxylic acids is 2. The summed E-state index contributed by atoms with van der Waals surface area (Å²) < 4.78 is 10.9. The summed E-state index contributed by atoms with van der Waals surface area (Å²) in [6.45, 7) is 8.79. The fraction of sp³-hybridized carbons (Fsp3) is 0.259. The maximum Gasteiger partial charge on any atom is 0.341 e. The van der Waals surface area contributed by atoms with Crippen molar-refractivity contribution in [2.45, 2.75) is 34.1 Å². The van der Waals surface area contributed by atoms with Crippen molar-refractivity contribution in [1.82, 2.24) is 0 Å². The average molecular weight is 464 g/mol. The van der Waals surface area contributed by atoms with E-state index in [1.165, 1.54) is 17.4 Å². The maximum absolute atomic E-state index is 12.8. The van der Waals surface area contributed by atoms with Gasteiger partial charge < -0.3 is 14.8 Å². The van der Waals surface area contributed by atoms with Gasteiger partial charge in [-0.25, -0.2) is 4.79 Å². The standard InChI is InChI=1S/C27H29NO4S/c1-5-15-32-21-11-8-20(9-12-21)10-14-24(29)28-26-25(27(30)31-6-2)23(17-33-26)22-13-7-18(3)16-19(22)4/h7-14,16-17H,5-6,15H2,1-4H3,(H,28,29)/b14-10+. The van der Waals surface area contributed by atoms with E-state index in [9.17, 15) is 9.59 Å². The zero-order chi connectivity index (χ0) is 23.8. The molecule has 6 heteroatoms. The van der Waals surface area contributed by atoms with E-state index in [0.717, 1.165) is 40.0 Å². The molecule has 0 atom stereocenters. The molecule has 0 aliphatic heterocycles. The van der Waals surface area contributed by atoms with Crippen LogP contribution < -0.4 is 10.1 Å². The van der Waals surface area contributed by atoms with Crippen molar-refractivity contribution in [3.8, 4) is 16.9 Å². The lowest BCUT2D eigenvalue weighted by atomic mass is 9.97. The Morgan fingerprint density at radius 2 is 1.79 bits per heavy atom. The Labute approximate surface area is 199 Å². The molecule has 0 aliphatic carbocycles. The summed E-state index contributed by atoms with van der Waals surface area (Å²) in [4.78, 5) is 25.4. The number of carbonyl (C=O) groups is 2. The molecule has 0 radical (unpaired) electrons. The van der Waals surface area contributed by atoms with Crippen molar-refractivity contribution in [2.24, 2.45) is 0 Å². The highest BCUT2D eigenvalue weighted by Crippen LogP contribution is 2.38. The van der Waals surface area contributed by atoms with Crippen LogP contribution in [0, 0.1) is 13.8 Å². The largest absolute Gasteiger partial charge is 0.494 e. The van der Waals surface area contributed by atoms with Gasteiger partial charge in [-0.05, 0) is 62.1 Å². The number of nitrogens with one attached hydrogen (secondary N) is 1. The second-order valence-corrected chi connectivity index (χ2v) is 8.51. The number of thiophene rings is 1. The third-order valence-electron chi connectivity index (χ3n) is 4.96. The molecule has 0 saturated heterocycles. The number of benzene rings is 2. The molecule has 1 aromatic heterocycles. The normalized spacial score (nSPS) is 10.9. The summed E-state index contributed by atoms with van der Waals surface area (Å²) >= 11 is 1.31. The first-order valence-electron chi connectivity index (χ1n) is 11.0. The van der Waals surface area contributed by atoms with E-state index in [4.69, 9.17) is 9.47 Å². The molecule has 2 aromatic carbocycles. The number of hydrogen-bond donors (Lipinski definition) is 1. The van der Waals surface area contributed by atoms with Gasteiger partial charge in [0.15, 0.2) is 0 Å². The van der Waals surface area contributed by atoms with E-state index in [2.05, 4.69) is 18.3 Å². The molecule has 0 saturated carbocycles. The van der Waals surface area contributed by atoms with Crippen molar-refractivity contribution in [1.29, 1.82) is 0 Å². The second kappa shape index (κ2) is 11.5. The van der Waals surface area contributed by atoms with Crippen LogP contribution in [0.2, 0.25) is 0 Å². The van der Waals surface area contributed by atoms with E-state index >= 15 is 0 Å². The zero-order valence-corrected chi connectivity index (χ0v) is 20.3. The lowest BCUT2D eigenvalue weighted by Crippen LogP contribution is -2.12. The summed E-state index contributed by atoms with van der Waals surface area (Å²) in [6.07, 6.45) is 4.12. The van der Waals surface area contributed by atoms with E-state index < -0.39 is 5.97 Å². The van der Waals surface area contributed by atoms with E-state index in [-0.39, 0.29) is 12.5 Å². The van der Waals surface area contributed by atoms with Crippen LogP contribution in [-0.4, -0.2) is 25.1 Å². The van der Waals surface area contributed by atoms with Crippen molar-refractivity contribution in [3.05, 3.63) is 76.2 Å². The lowest BCUT2D eigenvalue weighted by Gasteiger charge is -2.10. The van der Waals surface area contributed by atoms with Crippen LogP contribution in [0.4, 0.5) is 5.00 Å². The van der Waals surface area contributed by atoms with Gasteiger partial charge in [0.1, 0.15) is 16.3 Å².